The van der Waals surface area contributed by atoms with E-state index in [1.54, 1.807) is 0 Å². The van der Waals surface area contributed by atoms with Crippen molar-refractivity contribution in [3.8, 4) is 0 Å². The van der Waals surface area contributed by atoms with Gasteiger partial charge in [-0.15, -0.1) is 0 Å². The number of aryl methyl sites for hydroxylation is 2. The summed E-state index contributed by atoms with van der Waals surface area (Å²) in [5.74, 6) is 0.248. The fourth-order valence-corrected chi connectivity index (χ4v) is 1.83. The second-order valence-electron chi connectivity index (χ2n) is 4.83. The lowest BCUT2D eigenvalue weighted by Crippen LogP contribution is -2.33. The zero-order chi connectivity index (χ0) is 13.2. The number of aromatic nitrogens is 2. The Morgan fingerprint density at radius 3 is 2.53 bits per heavy atom. The van der Waals surface area contributed by atoms with Crippen LogP contribution < -0.4 is 5.73 Å². The summed E-state index contributed by atoms with van der Waals surface area (Å²) in [4.78, 5) is 0. The average molecular weight is 303 g/mol. The molecule has 0 spiro atoms. The average Bonchev–Trinajstić information content (AvgIpc) is 2.53. The van der Waals surface area contributed by atoms with Gasteiger partial charge >= 0.3 is 0 Å². The summed E-state index contributed by atoms with van der Waals surface area (Å²) in [7, 11) is 0. The molecule has 0 radical (unpaired) electrons. The fraction of sp³-hybridized carbons (Fsp3) is 0.636. The number of halogens is 1. The fourth-order valence-electron chi connectivity index (χ4n) is 1.54. The Morgan fingerprint density at radius 2 is 2.12 bits per heavy atom. The number of hydrogen-bond acceptors (Lipinski definition) is 3. The predicted molar refractivity (Wildman–Crippen MR) is 71.2 cm³/mol. The van der Waals surface area contributed by atoms with Crippen LogP contribution in [0.1, 0.15) is 31.7 Å². The monoisotopic (exact) mass is 302 g/mol. The molecule has 0 bridgehead atoms. The van der Waals surface area contributed by atoms with Gasteiger partial charge in [0.15, 0.2) is 0 Å². The summed E-state index contributed by atoms with van der Waals surface area (Å²) in [6.07, 6.45) is 0.761. The lowest BCUT2D eigenvalue weighted by Gasteiger charge is -2.22. The SMILES string of the molecule is Cc1nn(CCC(C)(C)C(N)=NO)c(C)c1Br. The smallest absolute Gasteiger partial charge is 0.144 e. The summed E-state index contributed by atoms with van der Waals surface area (Å²) >= 11 is 3.49. The molecule has 1 rings (SSSR count). The van der Waals surface area contributed by atoms with Gasteiger partial charge in [-0.25, -0.2) is 0 Å². The molecular weight excluding hydrogens is 284 g/mol. The Morgan fingerprint density at radius 1 is 1.53 bits per heavy atom. The van der Waals surface area contributed by atoms with Gasteiger partial charge in [-0.2, -0.15) is 5.10 Å². The number of nitrogens with zero attached hydrogens (tertiary/aromatic N) is 3. The molecule has 6 heteroatoms. The highest BCUT2D eigenvalue weighted by molar-refractivity contribution is 9.10. The number of oxime groups is 1. The third kappa shape index (κ3) is 3.00. The Balaban J connectivity index is 2.77. The van der Waals surface area contributed by atoms with Gasteiger partial charge < -0.3 is 10.9 Å². The molecule has 0 saturated carbocycles. The van der Waals surface area contributed by atoms with Crippen LogP contribution >= 0.6 is 15.9 Å². The molecule has 0 unspecified atom stereocenters. The molecule has 17 heavy (non-hydrogen) atoms. The van der Waals surface area contributed by atoms with E-state index in [4.69, 9.17) is 10.9 Å². The van der Waals surface area contributed by atoms with Crippen LogP contribution in [0.4, 0.5) is 0 Å². The minimum absolute atomic E-state index is 0.248. The summed E-state index contributed by atoms with van der Waals surface area (Å²) in [5.41, 5.74) is 7.38. The van der Waals surface area contributed by atoms with Crippen molar-refractivity contribution in [3.63, 3.8) is 0 Å². The number of amidine groups is 1. The van der Waals surface area contributed by atoms with Crippen LogP contribution in [0.3, 0.4) is 0 Å². The molecule has 0 fully saturated rings. The third-order valence-corrected chi connectivity index (χ3v) is 4.19. The van der Waals surface area contributed by atoms with Gasteiger partial charge in [0.2, 0.25) is 0 Å². The van der Waals surface area contributed by atoms with Crippen molar-refractivity contribution < 1.29 is 5.21 Å². The zero-order valence-corrected chi connectivity index (χ0v) is 12.2. The van der Waals surface area contributed by atoms with Crippen molar-refractivity contribution >= 4 is 21.8 Å². The summed E-state index contributed by atoms with van der Waals surface area (Å²) in [5, 5.41) is 16.2. The first-order chi connectivity index (χ1) is 7.79. The van der Waals surface area contributed by atoms with E-state index in [0.717, 1.165) is 28.8 Å². The van der Waals surface area contributed by atoms with Gasteiger partial charge in [0.1, 0.15) is 5.84 Å². The highest BCUT2D eigenvalue weighted by Crippen LogP contribution is 2.24. The highest BCUT2D eigenvalue weighted by atomic mass is 79.9. The van der Waals surface area contributed by atoms with Crippen LogP contribution in [0.15, 0.2) is 9.63 Å². The van der Waals surface area contributed by atoms with Crippen LogP contribution in [0.5, 0.6) is 0 Å². The molecule has 0 aliphatic rings. The molecule has 1 heterocycles. The Bertz CT molecular complexity index is 437. The quantitative estimate of drug-likeness (QED) is 0.388. The Hall–Kier alpha value is -1.04. The molecule has 5 nitrogen and oxygen atoms in total. The van der Waals surface area contributed by atoms with E-state index in [1.165, 1.54) is 0 Å². The van der Waals surface area contributed by atoms with Gasteiger partial charge in [-0.3, -0.25) is 4.68 Å². The minimum Gasteiger partial charge on any atom is -0.409 e. The van der Waals surface area contributed by atoms with Crippen LogP contribution in [0.2, 0.25) is 0 Å². The molecule has 0 aliphatic carbocycles. The third-order valence-electron chi connectivity index (χ3n) is 3.04. The first kappa shape index (κ1) is 14.0. The maximum atomic E-state index is 8.70. The number of nitrogens with two attached hydrogens (primary N) is 1. The van der Waals surface area contributed by atoms with Crippen LogP contribution in [0.25, 0.3) is 0 Å². The second-order valence-corrected chi connectivity index (χ2v) is 5.62. The van der Waals surface area contributed by atoms with Crippen LogP contribution in [-0.4, -0.2) is 20.8 Å². The van der Waals surface area contributed by atoms with Gasteiger partial charge in [-0.1, -0.05) is 19.0 Å². The summed E-state index contributed by atoms with van der Waals surface area (Å²) in [6.45, 7) is 8.61. The van der Waals surface area contributed by atoms with Crippen molar-refractivity contribution in [2.24, 2.45) is 16.3 Å². The summed E-state index contributed by atoms with van der Waals surface area (Å²) < 4.78 is 2.98. The molecule has 0 amide bonds. The first-order valence-corrected chi connectivity index (χ1v) is 6.26. The molecular formula is C11H19BrN4O. The van der Waals surface area contributed by atoms with E-state index < -0.39 is 0 Å². The lowest BCUT2D eigenvalue weighted by atomic mass is 9.88. The van der Waals surface area contributed by atoms with Crippen LogP contribution in [-0.2, 0) is 6.54 Å². The zero-order valence-electron chi connectivity index (χ0n) is 10.7. The molecule has 3 N–H and O–H groups in total. The highest BCUT2D eigenvalue weighted by Gasteiger charge is 2.24. The molecule has 0 aliphatic heterocycles. The van der Waals surface area contributed by atoms with Crippen LogP contribution in [0, 0.1) is 19.3 Å². The lowest BCUT2D eigenvalue weighted by molar-refractivity contribution is 0.302. The normalized spacial score (nSPS) is 13.1. The van der Waals surface area contributed by atoms with E-state index in [-0.39, 0.29) is 11.3 Å². The number of rotatable bonds is 4. The maximum Gasteiger partial charge on any atom is 0.144 e. The van der Waals surface area contributed by atoms with Crippen molar-refractivity contribution in [2.75, 3.05) is 0 Å². The molecule has 1 aromatic heterocycles. The van der Waals surface area contributed by atoms with Gasteiger partial charge in [0.25, 0.3) is 0 Å². The largest absolute Gasteiger partial charge is 0.409 e. The van der Waals surface area contributed by atoms with Crippen molar-refractivity contribution in [2.45, 2.75) is 40.7 Å². The van der Waals surface area contributed by atoms with E-state index in [2.05, 4.69) is 26.2 Å². The number of hydrogen-bond donors (Lipinski definition) is 2. The molecule has 96 valence electrons. The van der Waals surface area contributed by atoms with E-state index in [0.29, 0.717) is 0 Å². The minimum atomic E-state index is -0.340. The van der Waals surface area contributed by atoms with Gasteiger partial charge in [0.05, 0.1) is 10.2 Å². The molecule has 0 aromatic carbocycles. The maximum absolute atomic E-state index is 8.70. The van der Waals surface area contributed by atoms with Crippen molar-refractivity contribution in [3.05, 3.63) is 15.9 Å². The molecule has 0 saturated heterocycles. The second kappa shape index (κ2) is 5.08. The Kier molecular flexibility index (Phi) is 4.19. The van der Waals surface area contributed by atoms with E-state index >= 15 is 0 Å². The Labute approximate surface area is 110 Å². The van der Waals surface area contributed by atoms with Crippen molar-refractivity contribution in [1.82, 2.24) is 9.78 Å². The standard InChI is InChI=1S/C11H19BrN4O/c1-7-9(12)8(2)16(14-7)6-5-11(3,4)10(13)15-17/h17H,5-6H2,1-4H3,(H2,13,15). The van der Waals surface area contributed by atoms with Gasteiger partial charge in [-0.05, 0) is 36.2 Å². The molecule has 1 aromatic rings. The first-order valence-electron chi connectivity index (χ1n) is 5.47. The topological polar surface area (TPSA) is 76.4 Å². The van der Waals surface area contributed by atoms with Crippen molar-refractivity contribution in [1.29, 1.82) is 0 Å². The predicted octanol–water partition coefficient (Wildman–Crippen LogP) is 2.43. The molecule has 0 atom stereocenters. The summed E-state index contributed by atoms with van der Waals surface area (Å²) in [6, 6.07) is 0. The van der Waals surface area contributed by atoms with Gasteiger partial charge in [0, 0.05) is 17.7 Å². The van der Waals surface area contributed by atoms with E-state index in [1.807, 2.05) is 32.4 Å². The van der Waals surface area contributed by atoms with E-state index in [9.17, 15) is 0 Å².